The Balaban J connectivity index is 5.38. The van der Waals surface area contributed by atoms with Gasteiger partial charge in [0.15, 0.2) is 12.2 Å². The first-order valence-corrected chi connectivity index (χ1v) is 46.2. The van der Waals surface area contributed by atoms with E-state index in [0.717, 1.165) is 116 Å². The van der Waals surface area contributed by atoms with Crippen LogP contribution in [0.1, 0.15) is 400 Å². The van der Waals surface area contributed by atoms with E-state index in [9.17, 15) is 43.2 Å². The Morgan fingerprint density at radius 1 is 0.264 bits per heavy atom. The number of phosphoric ester groups is 2. The summed E-state index contributed by atoms with van der Waals surface area (Å²) >= 11 is 0. The van der Waals surface area contributed by atoms with Gasteiger partial charge in [-0.3, -0.25) is 37.3 Å². The first-order chi connectivity index (χ1) is 51.7. The molecule has 0 aromatic heterocycles. The molecule has 0 saturated carbocycles. The monoisotopic (exact) mass is 1540 g/mol. The molecule has 3 N–H and O–H groups in total. The first-order valence-electron chi connectivity index (χ1n) is 43.2. The number of hydrogen-bond acceptors (Lipinski definition) is 15. The summed E-state index contributed by atoms with van der Waals surface area (Å²) in [6.45, 7) is 4.85. The van der Waals surface area contributed by atoms with Crippen LogP contribution in [-0.4, -0.2) is 96.7 Å². The van der Waals surface area contributed by atoms with Crippen LogP contribution < -0.4 is 0 Å². The summed E-state index contributed by atoms with van der Waals surface area (Å²) in [5.41, 5.74) is 0. The van der Waals surface area contributed by atoms with Crippen molar-refractivity contribution in [3.63, 3.8) is 0 Å². The fourth-order valence-corrected chi connectivity index (χ4v) is 13.6. The van der Waals surface area contributed by atoms with Gasteiger partial charge in [-0.05, 0) is 96.3 Å². The van der Waals surface area contributed by atoms with Crippen LogP contribution >= 0.6 is 15.6 Å². The minimum absolute atomic E-state index is 0.0187. The number of rotatable bonds is 82. The van der Waals surface area contributed by atoms with E-state index in [1.165, 1.54) is 199 Å². The summed E-state index contributed by atoms with van der Waals surface area (Å²) in [6.07, 6.45) is 83.0. The molecule has 0 saturated heterocycles. The number of unbranched alkanes of at least 4 members (excludes halogenated alkanes) is 44. The zero-order valence-electron chi connectivity index (χ0n) is 67.9. The van der Waals surface area contributed by atoms with Crippen molar-refractivity contribution in [3.05, 3.63) is 72.9 Å². The molecule has 0 rings (SSSR count). The maximum absolute atomic E-state index is 13.1. The van der Waals surface area contributed by atoms with Crippen LogP contribution in [0.4, 0.5) is 0 Å². The van der Waals surface area contributed by atoms with E-state index in [2.05, 4.69) is 88.5 Å². The minimum Gasteiger partial charge on any atom is -0.462 e. The van der Waals surface area contributed by atoms with Gasteiger partial charge in [-0.15, -0.1) is 0 Å². The molecule has 17 nitrogen and oxygen atoms in total. The first kappa shape index (κ1) is 102. The van der Waals surface area contributed by atoms with E-state index in [1.807, 2.05) is 12.2 Å². The van der Waals surface area contributed by atoms with Gasteiger partial charge in [-0.2, -0.15) is 0 Å². The van der Waals surface area contributed by atoms with Crippen molar-refractivity contribution in [1.82, 2.24) is 0 Å². The highest BCUT2D eigenvalue weighted by atomic mass is 31.2. The Morgan fingerprint density at radius 2 is 0.472 bits per heavy atom. The number of hydrogen-bond donors (Lipinski definition) is 3. The van der Waals surface area contributed by atoms with Gasteiger partial charge in [0.1, 0.15) is 19.3 Å². The highest BCUT2D eigenvalue weighted by molar-refractivity contribution is 7.47. The van der Waals surface area contributed by atoms with Crippen molar-refractivity contribution in [1.29, 1.82) is 0 Å². The lowest BCUT2D eigenvalue weighted by atomic mass is 10.0. The Labute approximate surface area is 647 Å². The molecule has 0 aliphatic rings. The fraction of sp³-hybridized carbons (Fsp3) is 0.816. The molecule has 0 aliphatic carbocycles. The van der Waals surface area contributed by atoms with Crippen molar-refractivity contribution in [3.8, 4) is 0 Å². The third-order valence-corrected chi connectivity index (χ3v) is 20.6. The van der Waals surface area contributed by atoms with E-state index in [1.54, 1.807) is 0 Å². The van der Waals surface area contributed by atoms with E-state index in [4.69, 9.17) is 37.0 Å². The van der Waals surface area contributed by atoms with Crippen molar-refractivity contribution >= 4 is 39.5 Å². The number of carbonyl (C=O) groups is 4. The second-order valence-corrected chi connectivity index (χ2v) is 32.0. The molecule has 0 bridgehead atoms. The molecule has 0 aliphatic heterocycles. The van der Waals surface area contributed by atoms with Gasteiger partial charge in [0.25, 0.3) is 0 Å². The molecular formula is C87H158O17P2. The second kappa shape index (κ2) is 79.6. The smallest absolute Gasteiger partial charge is 0.462 e. The predicted molar refractivity (Wildman–Crippen MR) is 436 cm³/mol. The SMILES string of the molecule is CCCCC/C=C\C/C=C\C/C=C\C/C=C\CCCC(=O)O[C@H](COC(=O)CCCCCCC/C=C\C/C=C\CCCCC)COP(=O)(O)OC[C@H](O)COP(=O)(O)OC[C@@H](COC(=O)CCCCCCCCCCCCCCCCCCC)OC(=O)CCCCCCCCCCCCCCCCCCC. The highest BCUT2D eigenvalue weighted by Crippen LogP contribution is 2.45. The van der Waals surface area contributed by atoms with Gasteiger partial charge >= 0.3 is 39.5 Å². The Kier molecular flexibility index (Phi) is 77.0. The number of esters is 4. The molecule has 0 radical (unpaired) electrons. The molecule has 106 heavy (non-hydrogen) atoms. The normalized spacial score (nSPS) is 14.1. The average molecular weight is 1540 g/mol. The van der Waals surface area contributed by atoms with Gasteiger partial charge in [-0.1, -0.05) is 351 Å². The summed E-state index contributed by atoms with van der Waals surface area (Å²) < 4.78 is 68.8. The standard InChI is InChI=1S/C87H158O17P2/c1-5-9-13-17-21-25-29-33-37-40-44-48-52-56-60-64-68-72-85(90)98-78-83(104-87(92)74-70-66-62-58-54-50-46-42-39-35-31-27-23-19-15-11-7-3)80-102-106(95,96)100-76-81(88)75-99-105(93,94)101-79-82(77-97-84(89)71-67-63-59-55-51-47-43-36-32-28-24-20-16-12-8-4)103-86(91)73-69-65-61-57-53-49-45-41-38-34-30-26-22-18-14-10-6-2/h22,24,26,28,34,36,38,43,45,49,57,61,81-83,88H,5-21,23,25,27,29-33,35,37,39-42,44,46-48,50-56,58-60,62-80H2,1-4H3,(H,93,94)(H,95,96)/b26-22-,28-24-,38-34-,43-36-,49-45-,61-57-/t81-,82+,83+/m0/s1. The topological polar surface area (TPSA) is 237 Å². The van der Waals surface area contributed by atoms with Crippen molar-refractivity contribution < 1.29 is 80.2 Å². The summed E-state index contributed by atoms with van der Waals surface area (Å²) in [4.78, 5) is 73.2. The van der Waals surface area contributed by atoms with Crippen LogP contribution in [0.3, 0.4) is 0 Å². The highest BCUT2D eigenvalue weighted by Gasteiger charge is 2.30. The van der Waals surface area contributed by atoms with Gasteiger partial charge in [0.05, 0.1) is 26.4 Å². The van der Waals surface area contributed by atoms with E-state index >= 15 is 0 Å². The number of aliphatic hydroxyl groups excluding tert-OH is 1. The third kappa shape index (κ3) is 78.6. The lowest BCUT2D eigenvalue weighted by Gasteiger charge is -2.21. The van der Waals surface area contributed by atoms with Gasteiger partial charge < -0.3 is 33.8 Å². The Bertz CT molecular complexity index is 2280. The van der Waals surface area contributed by atoms with Crippen LogP contribution in [0, 0.1) is 0 Å². The largest absolute Gasteiger partial charge is 0.472 e. The fourth-order valence-electron chi connectivity index (χ4n) is 12.1. The van der Waals surface area contributed by atoms with Crippen molar-refractivity contribution in [2.45, 2.75) is 418 Å². The summed E-state index contributed by atoms with van der Waals surface area (Å²) in [7, 11) is -9.97. The predicted octanol–water partition coefficient (Wildman–Crippen LogP) is 25.6. The van der Waals surface area contributed by atoms with Crippen molar-refractivity contribution in [2.75, 3.05) is 39.6 Å². The maximum atomic E-state index is 13.1. The average Bonchev–Trinajstić information content (AvgIpc) is 0.902. The zero-order chi connectivity index (χ0) is 77.4. The molecule has 0 aromatic carbocycles. The van der Waals surface area contributed by atoms with E-state index < -0.39 is 97.5 Å². The lowest BCUT2D eigenvalue weighted by molar-refractivity contribution is -0.161. The molecule has 618 valence electrons. The zero-order valence-corrected chi connectivity index (χ0v) is 69.7. The maximum Gasteiger partial charge on any atom is 0.472 e. The number of ether oxygens (including phenoxy) is 4. The van der Waals surface area contributed by atoms with Crippen LogP contribution in [0.2, 0.25) is 0 Å². The Hall–Kier alpha value is -3.50. The van der Waals surface area contributed by atoms with E-state index in [0.29, 0.717) is 32.1 Å². The molecule has 0 aromatic rings. The second-order valence-electron chi connectivity index (χ2n) is 29.1. The summed E-state index contributed by atoms with van der Waals surface area (Å²) in [5.74, 6) is -2.22. The number of carbonyl (C=O) groups excluding carboxylic acids is 4. The van der Waals surface area contributed by atoms with Gasteiger partial charge in [0, 0.05) is 25.7 Å². The molecule has 0 fully saturated rings. The molecule has 0 amide bonds. The van der Waals surface area contributed by atoms with E-state index in [-0.39, 0.29) is 25.7 Å². The van der Waals surface area contributed by atoms with Crippen LogP contribution in [0.15, 0.2) is 72.9 Å². The quantitative estimate of drug-likeness (QED) is 0.0169. The minimum atomic E-state index is -4.99. The molecule has 19 heteroatoms. The van der Waals surface area contributed by atoms with Crippen LogP contribution in [-0.2, 0) is 65.4 Å². The summed E-state index contributed by atoms with van der Waals surface area (Å²) in [6, 6.07) is 0. The molecule has 0 spiro atoms. The van der Waals surface area contributed by atoms with Crippen LogP contribution in [0.5, 0.6) is 0 Å². The number of phosphoric acid groups is 2. The summed E-state index contributed by atoms with van der Waals surface area (Å²) in [5, 5.41) is 10.7. The van der Waals surface area contributed by atoms with Gasteiger partial charge in [0.2, 0.25) is 0 Å². The molecule has 5 atom stereocenters. The lowest BCUT2D eigenvalue weighted by Crippen LogP contribution is -2.30. The van der Waals surface area contributed by atoms with Crippen LogP contribution in [0.25, 0.3) is 0 Å². The third-order valence-electron chi connectivity index (χ3n) is 18.7. The molecule has 2 unspecified atom stereocenters. The Morgan fingerprint density at radius 3 is 0.764 bits per heavy atom. The molecular weight excluding hydrogens is 1380 g/mol. The van der Waals surface area contributed by atoms with Crippen molar-refractivity contribution in [2.24, 2.45) is 0 Å². The number of allylic oxidation sites excluding steroid dienone is 12. The number of aliphatic hydroxyl groups is 1. The molecule has 0 heterocycles. The van der Waals surface area contributed by atoms with Gasteiger partial charge in [-0.25, -0.2) is 9.13 Å².